The van der Waals surface area contributed by atoms with Gasteiger partial charge in [-0.05, 0) is 22.4 Å². The molecular weight excluding hydrogens is 248 g/mol. The van der Waals surface area contributed by atoms with Crippen LogP contribution in [0, 0.1) is 0 Å². The van der Waals surface area contributed by atoms with E-state index in [0.717, 1.165) is 4.47 Å². The molecule has 0 aromatic carbocycles. The van der Waals surface area contributed by atoms with Crippen molar-refractivity contribution in [2.45, 2.75) is 19.4 Å². The van der Waals surface area contributed by atoms with Gasteiger partial charge in [0.1, 0.15) is 5.82 Å². The van der Waals surface area contributed by atoms with Crippen LogP contribution >= 0.6 is 15.9 Å². The number of hydrogen-bond donors (Lipinski definition) is 3. The maximum Gasteiger partial charge on any atom is 0.221 e. The van der Waals surface area contributed by atoms with Crippen molar-refractivity contribution in [1.29, 1.82) is 0 Å². The lowest BCUT2D eigenvalue weighted by Gasteiger charge is -2.10. The van der Waals surface area contributed by atoms with Gasteiger partial charge < -0.3 is 16.2 Å². The van der Waals surface area contributed by atoms with E-state index in [0.29, 0.717) is 18.8 Å². The molecule has 0 saturated carbocycles. The van der Waals surface area contributed by atoms with Gasteiger partial charge in [0, 0.05) is 12.7 Å². The van der Waals surface area contributed by atoms with Gasteiger partial charge >= 0.3 is 0 Å². The number of nitrogens with zero attached hydrogens (tertiary/aromatic N) is 2. The number of nitrogen functional groups attached to an aromatic ring is 1. The predicted molar refractivity (Wildman–Crippen MR) is 58.9 cm³/mol. The fraction of sp³-hybridized carbons (Fsp3) is 0.500. The predicted octanol–water partition coefficient (Wildman–Crippen LogP) is 1.00. The van der Waals surface area contributed by atoms with Crippen molar-refractivity contribution in [3.8, 4) is 0 Å². The van der Waals surface area contributed by atoms with E-state index in [9.17, 15) is 5.11 Å². The van der Waals surface area contributed by atoms with E-state index in [1.165, 1.54) is 0 Å². The highest BCUT2D eigenvalue weighted by molar-refractivity contribution is 9.10. The summed E-state index contributed by atoms with van der Waals surface area (Å²) in [5, 5.41) is 12.3. The zero-order valence-corrected chi connectivity index (χ0v) is 9.45. The highest BCUT2D eigenvalue weighted by atomic mass is 79.9. The second-order valence-electron chi connectivity index (χ2n) is 2.87. The van der Waals surface area contributed by atoms with Crippen LogP contribution in [0.4, 0.5) is 11.8 Å². The summed E-state index contributed by atoms with van der Waals surface area (Å²) in [6, 6.07) is 0. The molecule has 0 bridgehead atoms. The number of hydrogen-bond acceptors (Lipinski definition) is 5. The molecule has 5 nitrogen and oxygen atoms in total. The van der Waals surface area contributed by atoms with Gasteiger partial charge in [-0.15, -0.1) is 0 Å². The van der Waals surface area contributed by atoms with Crippen LogP contribution in [0.5, 0.6) is 0 Å². The first-order valence-corrected chi connectivity index (χ1v) is 5.12. The van der Waals surface area contributed by atoms with Gasteiger partial charge in [-0.25, -0.2) is 4.98 Å². The van der Waals surface area contributed by atoms with Gasteiger partial charge in [0.05, 0.1) is 10.6 Å². The Morgan fingerprint density at radius 1 is 1.71 bits per heavy atom. The van der Waals surface area contributed by atoms with Crippen LogP contribution in [-0.4, -0.2) is 27.7 Å². The Kier molecular flexibility index (Phi) is 4.09. The van der Waals surface area contributed by atoms with Crippen molar-refractivity contribution >= 4 is 27.7 Å². The summed E-state index contributed by atoms with van der Waals surface area (Å²) in [4.78, 5) is 7.78. The highest BCUT2D eigenvalue weighted by Gasteiger charge is 2.05. The molecule has 1 rings (SSSR count). The summed E-state index contributed by atoms with van der Waals surface area (Å²) in [5.74, 6) is 0.812. The van der Waals surface area contributed by atoms with E-state index in [4.69, 9.17) is 5.73 Å². The van der Waals surface area contributed by atoms with E-state index in [-0.39, 0.29) is 12.1 Å². The van der Waals surface area contributed by atoms with E-state index >= 15 is 0 Å². The Bertz CT molecular complexity index is 307. The molecule has 0 aliphatic rings. The fourth-order valence-corrected chi connectivity index (χ4v) is 1.19. The van der Waals surface area contributed by atoms with Crippen LogP contribution in [0.25, 0.3) is 0 Å². The number of anilines is 2. The number of aromatic nitrogens is 2. The van der Waals surface area contributed by atoms with Crippen molar-refractivity contribution in [2.24, 2.45) is 0 Å². The molecule has 78 valence electrons. The topological polar surface area (TPSA) is 84.1 Å². The fourth-order valence-electron chi connectivity index (χ4n) is 0.864. The first kappa shape index (κ1) is 11.2. The lowest BCUT2D eigenvalue weighted by molar-refractivity contribution is 0.183. The second kappa shape index (κ2) is 5.11. The Balaban J connectivity index is 2.62. The molecule has 6 heteroatoms. The minimum absolute atomic E-state index is 0.210. The van der Waals surface area contributed by atoms with Gasteiger partial charge in [-0.1, -0.05) is 6.92 Å². The lowest BCUT2D eigenvalue weighted by Crippen LogP contribution is -2.19. The van der Waals surface area contributed by atoms with Crippen LogP contribution in [0.3, 0.4) is 0 Å². The Morgan fingerprint density at radius 2 is 2.43 bits per heavy atom. The summed E-state index contributed by atoms with van der Waals surface area (Å²) in [6.45, 7) is 2.36. The summed E-state index contributed by atoms with van der Waals surface area (Å²) >= 11 is 3.28. The second-order valence-corrected chi connectivity index (χ2v) is 3.72. The van der Waals surface area contributed by atoms with E-state index in [2.05, 4.69) is 31.2 Å². The number of halogens is 1. The van der Waals surface area contributed by atoms with Crippen LogP contribution in [0.15, 0.2) is 10.7 Å². The lowest BCUT2D eigenvalue weighted by atomic mass is 10.3. The van der Waals surface area contributed by atoms with Crippen molar-refractivity contribution < 1.29 is 5.11 Å². The molecule has 1 heterocycles. The summed E-state index contributed by atoms with van der Waals surface area (Å²) in [5.41, 5.74) is 5.42. The van der Waals surface area contributed by atoms with Crippen molar-refractivity contribution in [1.82, 2.24) is 9.97 Å². The van der Waals surface area contributed by atoms with Crippen LogP contribution < -0.4 is 11.1 Å². The number of rotatable bonds is 4. The van der Waals surface area contributed by atoms with Crippen molar-refractivity contribution in [3.05, 3.63) is 10.7 Å². The third kappa shape index (κ3) is 3.12. The maximum atomic E-state index is 9.33. The maximum absolute atomic E-state index is 9.33. The van der Waals surface area contributed by atoms with Crippen LogP contribution in [0.1, 0.15) is 13.3 Å². The molecule has 1 aromatic rings. The zero-order chi connectivity index (χ0) is 10.6. The summed E-state index contributed by atoms with van der Waals surface area (Å²) in [6.07, 6.45) is 1.90. The van der Waals surface area contributed by atoms with E-state index in [1.807, 2.05) is 6.92 Å². The summed E-state index contributed by atoms with van der Waals surface area (Å²) in [7, 11) is 0. The molecular formula is C8H13BrN4O. The average molecular weight is 261 g/mol. The molecule has 0 amide bonds. The molecule has 1 unspecified atom stereocenters. The van der Waals surface area contributed by atoms with Crippen LogP contribution in [-0.2, 0) is 0 Å². The van der Waals surface area contributed by atoms with E-state index < -0.39 is 0 Å². The molecule has 4 N–H and O–H groups in total. The normalized spacial score (nSPS) is 12.5. The Morgan fingerprint density at radius 3 is 3.07 bits per heavy atom. The first-order valence-electron chi connectivity index (χ1n) is 4.33. The molecule has 0 aliphatic heterocycles. The van der Waals surface area contributed by atoms with Crippen molar-refractivity contribution in [3.63, 3.8) is 0 Å². The average Bonchev–Trinajstić information content (AvgIpc) is 2.19. The van der Waals surface area contributed by atoms with Gasteiger partial charge in [0.15, 0.2) is 0 Å². The quantitative estimate of drug-likeness (QED) is 0.753. The molecule has 1 aromatic heterocycles. The SMILES string of the molecule is CCC(O)CNc1nc(N)ncc1Br. The third-order valence-corrected chi connectivity index (χ3v) is 2.32. The van der Waals surface area contributed by atoms with E-state index in [1.54, 1.807) is 6.20 Å². The molecule has 0 fully saturated rings. The molecule has 0 radical (unpaired) electrons. The molecule has 14 heavy (non-hydrogen) atoms. The minimum atomic E-state index is -0.377. The monoisotopic (exact) mass is 260 g/mol. The van der Waals surface area contributed by atoms with Gasteiger partial charge in [0.25, 0.3) is 0 Å². The molecule has 1 atom stereocenters. The standard InChI is InChI=1S/C8H13BrN4O/c1-2-5(14)3-11-7-6(9)4-12-8(10)13-7/h4-5,14H,2-3H2,1H3,(H3,10,11,12,13). The molecule has 0 spiro atoms. The molecule has 0 saturated heterocycles. The highest BCUT2D eigenvalue weighted by Crippen LogP contribution is 2.18. The number of aliphatic hydroxyl groups is 1. The smallest absolute Gasteiger partial charge is 0.221 e. The van der Waals surface area contributed by atoms with Crippen molar-refractivity contribution in [2.75, 3.05) is 17.6 Å². The first-order chi connectivity index (χ1) is 6.63. The Hall–Kier alpha value is -0.880. The number of nitrogens with one attached hydrogen (secondary N) is 1. The Labute approximate surface area is 90.9 Å². The molecule has 0 aliphatic carbocycles. The summed E-state index contributed by atoms with van der Waals surface area (Å²) < 4.78 is 0.731. The van der Waals surface area contributed by atoms with Gasteiger partial charge in [-0.2, -0.15) is 4.98 Å². The minimum Gasteiger partial charge on any atom is -0.391 e. The largest absolute Gasteiger partial charge is 0.391 e. The zero-order valence-electron chi connectivity index (χ0n) is 7.87. The van der Waals surface area contributed by atoms with Gasteiger partial charge in [-0.3, -0.25) is 0 Å². The van der Waals surface area contributed by atoms with Gasteiger partial charge in [0.2, 0.25) is 5.95 Å². The number of aliphatic hydroxyl groups excluding tert-OH is 1. The third-order valence-electron chi connectivity index (χ3n) is 1.74. The van der Waals surface area contributed by atoms with Crippen LogP contribution in [0.2, 0.25) is 0 Å². The number of nitrogens with two attached hydrogens (primary N) is 1.